The van der Waals surface area contributed by atoms with Crippen LogP contribution in [0.1, 0.15) is 5.82 Å². The van der Waals surface area contributed by atoms with Gasteiger partial charge in [-0.2, -0.15) is 0 Å². The molecule has 0 bridgehead atoms. The average Bonchev–Trinajstić information content (AvgIpc) is 3.17. The number of rotatable bonds is 2. The van der Waals surface area contributed by atoms with E-state index < -0.39 is 0 Å². The predicted molar refractivity (Wildman–Crippen MR) is 75.1 cm³/mol. The highest BCUT2D eigenvalue weighted by molar-refractivity contribution is 5.81. The smallest absolute Gasteiger partial charge is 0.181 e. The zero-order valence-electron chi connectivity index (χ0n) is 10.9. The lowest BCUT2D eigenvalue weighted by molar-refractivity contribution is 0.798. The van der Waals surface area contributed by atoms with E-state index in [0.717, 1.165) is 28.2 Å². The van der Waals surface area contributed by atoms with E-state index in [-0.39, 0.29) is 0 Å². The van der Waals surface area contributed by atoms with Gasteiger partial charge >= 0.3 is 0 Å². The molecule has 6 nitrogen and oxygen atoms in total. The van der Waals surface area contributed by atoms with Crippen LogP contribution in [0.25, 0.3) is 22.4 Å². The summed E-state index contributed by atoms with van der Waals surface area (Å²) in [5.41, 5.74) is 2.09. The van der Waals surface area contributed by atoms with Crippen molar-refractivity contribution in [3.05, 3.63) is 54.9 Å². The second-order valence-electron chi connectivity index (χ2n) is 4.61. The van der Waals surface area contributed by atoms with Crippen molar-refractivity contribution in [3.63, 3.8) is 0 Å². The monoisotopic (exact) mass is 264 g/mol. The van der Waals surface area contributed by atoms with E-state index in [0.29, 0.717) is 0 Å². The lowest BCUT2D eigenvalue weighted by Crippen LogP contribution is -1.95. The summed E-state index contributed by atoms with van der Waals surface area (Å²) in [4.78, 5) is 7.37. The number of hydrogen-bond acceptors (Lipinski definition) is 3. The minimum atomic E-state index is 0.758. The van der Waals surface area contributed by atoms with Crippen molar-refractivity contribution in [1.29, 1.82) is 0 Å². The van der Waals surface area contributed by atoms with Crippen molar-refractivity contribution in [1.82, 2.24) is 29.5 Å². The van der Waals surface area contributed by atoms with Crippen LogP contribution in [0.5, 0.6) is 0 Å². The van der Waals surface area contributed by atoms with E-state index in [1.54, 1.807) is 10.9 Å². The second kappa shape index (κ2) is 4.06. The summed E-state index contributed by atoms with van der Waals surface area (Å²) in [6, 6.07) is 8.16. The Hall–Kier alpha value is -2.89. The first kappa shape index (κ1) is 11.0. The first-order valence-electron chi connectivity index (χ1n) is 6.31. The molecule has 0 saturated heterocycles. The van der Waals surface area contributed by atoms with Crippen molar-refractivity contribution in [2.24, 2.45) is 0 Å². The fourth-order valence-electron chi connectivity index (χ4n) is 2.29. The van der Waals surface area contributed by atoms with Crippen LogP contribution in [0.4, 0.5) is 0 Å². The molecule has 1 N–H and O–H groups in total. The number of hydrogen-bond donors (Lipinski definition) is 1. The van der Waals surface area contributed by atoms with Crippen LogP contribution in [0.3, 0.4) is 0 Å². The molecule has 3 heterocycles. The van der Waals surface area contributed by atoms with Crippen molar-refractivity contribution < 1.29 is 0 Å². The molecule has 4 aromatic rings. The van der Waals surface area contributed by atoms with Gasteiger partial charge in [-0.05, 0) is 31.2 Å². The Morgan fingerprint density at radius 2 is 2.15 bits per heavy atom. The molecule has 0 spiro atoms. The van der Waals surface area contributed by atoms with Crippen LogP contribution in [0.15, 0.2) is 49.1 Å². The molecule has 4 rings (SSSR count). The summed E-state index contributed by atoms with van der Waals surface area (Å²) in [6.45, 7) is 1.94. The van der Waals surface area contributed by atoms with Gasteiger partial charge in [-0.1, -0.05) is 5.21 Å². The average molecular weight is 264 g/mol. The van der Waals surface area contributed by atoms with Crippen LogP contribution in [0, 0.1) is 6.92 Å². The number of nitrogens with zero attached hydrogens (tertiary/aromatic N) is 5. The molecule has 98 valence electrons. The number of aryl methyl sites for hydroxylation is 1. The zero-order valence-corrected chi connectivity index (χ0v) is 10.9. The van der Waals surface area contributed by atoms with E-state index in [1.807, 2.05) is 48.3 Å². The quantitative estimate of drug-likeness (QED) is 0.604. The van der Waals surface area contributed by atoms with E-state index in [4.69, 9.17) is 0 Å². The van der Waals surface area contributed by atoms with Gasteiger partial charge in [-0.3, -0.25) is 4.57 Å². The maximum absolute atomic E-state index is 4.19. The van der Waals surface area contributed by atoms with Gasteiger partial charge in [0.05, 0.1) is 11.9 Å². The first-order chi connectivity index (χ1) is 9.81. The normalized spacial score (nSPS) is 11.2. The maximum Gasteiger partial charge on any atom is 0.181 e. The molecular formula is C14H12N6. The number of aromatic amines is 1. The molecule has 0 unspecified atom stereocenters. The van der Waals surface area contributed by atoms with Crippen molar-refractivity contribution in [2.75, 3.05) is 0 Å². The second-order valence-corrected chi connectivity index (χ2v) is 4.61. The fourth-order valence-corrected chi connectivity index (χ4v) is 2.29. The van der Waals surface area contributed by atoms with Crippen LogP contribution >= 0.6 is 0 Å². The third kappa shape index (κ3) is 1.62. The van der Waals surface area contributed by atoms with Gasteiger partial charge in [0.2, 0.25) is 0 Å². The molecular weight excluding hydrogens is 252 g/mol. The summed E-state index contributed by atoms with van der Waals surface area (Å²) in [5, 5.41) is 9.53. The molecule has 0 atom stereocenters. The Kier molecular flexibility index (Phi) is 2.23. The van der Waals surface area contributed by atoms with Crippen LogP contribution < -0.4 is 0 Å². The number of imidazole rings is 1. The van der Waals surface area contributed by atoms with Crippen LogP contribution in [0.2, 0.25) is 0 Å². The highest BCUT2D eigenvalue weighted by Crippen LogP contribution is 2.17. The molecule has 6 heteroatoms. The molecule has 1 aromatic carbocycles. The summed E-state index contributed by atoms with van der Waals surface area (Å²) in [7, 11) is 0. The standard InChI is InChI=1S/C14H12N6/c1-10-15-6-7-19(10)14-9-20(18-17-14)12-2-3-13-11(8-12)4-5-16-13/h2-9,16H,1H3. The largest absolute Gasteiger partial charge is 0.361 e. The minimum Gasteiger partial charge on any atom is -0.361 e. The fraction of sp³-hybridized carbons (Fsp3) is 0.0714. The SMILES string of the molecule is Cc1nccn1-c1cn(-c2ccc3[nH]ccc3c2)nn1. The summed E-state index contributed by atoms with van der Waals surface area (Å²) >= 11 is 0. The number of benzene rings is 1. The third-order valence-electron chi connectivity index (χ3n) is 3.36. The van der Waals surface area contributed by atoms with Gasteiger partial charge in [0, 0.05) is 29.5 Å². The molecule has 3 aromatic heterocycles. The molecule has 0 radical (unpaired) electrons. The maximum atomic E-state index is 4.19. The molecule has 0 aliphatic heterocycles. The molecule has 0 fully saturated rings. The Morgan fingerprint density at radius 3 is 3.00 bits per heavy atom. The number of H-pyrrole nitrogens is 1. The van der Waals surface area contributed by atoms with Crippen LogP contribution in [-0.2, 0) is 0 Å². The molecule has 0 aliphatic carbocycles. The zero-order chi connectivity index (χ0) is 13.5. The molecule has 0 aliphatic rings. The lowest BCUT2D eigenvalue weighted by atomic mass is 10.2. The number of aromatic nitrogens is 6. The van der Waals surface area contributed by atoms with Gasteiger partial charge in [-0.25, -0.2) is 9.67 Å². The van der Waals surface area contributed by atoms with E-state index in [1.165, 1.54) is 0 Å². The van der Waals surface area contributed by atoms with Gasteiger partial charge in [0.25, 0.3) is 0 Å². The minimum absolute atomic E-state index is 0.758. The summed E-state index contributed by atoms with van der Waals surface area (Å²) < 4.78 is 3.67. The van der Waals surface area contributed by atoms with Gasteiger partial charge in [0.1, 0.15) is 5.82 Å². The molecule has 0 saturated carbocycles. The van der Waals surface area contributed by atoms with E-state index >= 15 is 0 Å². The highest BCUT2D eigenvalue weighted by Gasteiger charge is 2.07. The number of nitrogens with one attached hydrogen (secondary N) is 1. The summed E-state index contributed by atoms with van der Waals surface area (Å²) in [5.74, 6) is 1.65. The Balaban J connectivity index is 1.79. The topological polar surface area (TPSA) is 64.3 Å². The van der Waals surface area contributed by atoms with Crippen molar-refractivity contribution in [3.8, 4) is 11.5 Å². The molecule has 20 heavy (non-hydrogen) atoms. The Labute approximate surface area is 114 Å². The predicted octanol–water partition coefficient (Wildman–Crippen LogP) is 2.24. The van der Waals surface area contributed by atoms with E-state index in [9.17, 15) is 0 Å². The van der Waals surface area contributed by atoms with Gasteiger partial charge in [0.15, 0.2) is 5.82 Å². The van der Waals surface area contributed by atoms with Crippen LogP contribution in [-0.4, -0.2) is 29.5 Å². The third-order valence-corrected chi connectivity index (χ3v) is 3.36. The van der Waals surface area contributed by atoms with Gasteiger partial charge in [-0.15, -0.1) is 5.10 Å². The van der Waals surface area contributed by atoms with Crippen molar-refractivity contribution in [2.45, 2.75) is 6.92 Å². The number of fused-ring (bicyclic) bond motifs is 1. The van der Waals surface area contributed by atoms with E-state index in [2.05, 4.69) is 26.3 Å². The Morgan fingerprint density at radius 1 is 1.20 bits per heavy atom. The first-order valence-corrected chi connectivity index (χ1v) is 6.31. The highest BCUT2D eigenvalue weighted by atomic mass is 15.4. The Bertz CT molecular complexity index is 882. The van der Waals surface area contributed by atoms with Gasteiger partial charge < -0.3 is 4.98 Å². The van der Waals surface area contributed by atoms with Crippen molar-refractivity contribution >= 4 is 10.9 Å². The summed E-state index contributed by atoms with van der Waals surface area (Å²) in [6.07, 6.45) is 7.44. The molecule has 0 amide bonds. The lowest BCUT2D eigenvalue weighted by Gasteiger charge is -2.00.